The van der Waals surface area contributed by atoms with Gasteiger partial charge < -0.3 is 15.2 Å². The van der Waals surface area contributed by atoms with Crippen molar-refractivity contribution >= 4 is 5.69 Å². The molecule has 0 saturated heterocycles. The zero-order chi connectivity index (χ0) is 10.4. The second-order valence-corrected chi connectivity index (χ2v) is 3.32. The van der Waals surface area contributed by atoms with Crippen molar-refractivity contribution in [2.45, 2.75) is 19.6 Å². The van der Waals surface area contributed by atoms with Gasteiger partial charge >= 0.3 is 0 Å². The summed E-state index contributed by atoms with van der Waals surface area (Å²) in [5, 5.41) is 0. The number of rotatable bonds is 5. The van der Waals surface area contributed by atoms with Crippen LogP contribution in [0.2, 0.25) is 0 Å². The number of benzene rings is 1. The quantitative estimate of drug-likeness (QED) is 0.729. The van der Waals surface area contributed by atoms with Crippen LogP contribution in [-0.2, 0) is 16.1 Å². The van der Waals surface area contributed by atoms with Crippen molar-refractivity contribution in [1.82, 2.24) is 0 Å². The molecule has 0 spiro atoms. The largest absolute Gasteiger partial charge is 0.399 e. The predicted octanol–water partition coefficient (Wildman–Crippen LogP) is 1.82. The van der Waals surface area contributed by atoms with Crippen LogP contribution in [-0.4, -0.2) is 19.8 Å². The Labute approximate surface area is 84.8 Å². The van der Waals surface area contributed by atoms with E-state index in [9.17, 15) is 0 Å². The van der Waals surface area contributed by atoms with Crippen molar-refractivity contribution in [3.63, 3.8) is 0 Å². The molecule has 0 fully saturated rings. The number of nitrogens with two attached hydrogens (primary N) is 1. The lowest BCUT2D eigenvalue weighted by molar-refractivity contribution is -0.000120. The van der Waals surface area contributed by atoms with Crippen LogP contribution in [0.15, 0.2) is 24.3 Å². The minimum absolute atomic E-state index is 0.123. The van der Waals surface area contributed by atoms with Crippen LogP contribution in [0.4, 0.5) is 5.69 Å². The van der Waals surface area contributed by atoms with Gasteiger partial charge in [-0.2, -0.15) is 0 Å². The molecule has 1 aromatic rings. The summed E-state index contributed by atoms with van der Waals surface area (Å²) in [6.07, 6.45) is 0.123. The van der Waals surface area contributed by atoms with E-state index in [2.05, 4.69) is 0 Å². The highest BCUT2D eigenvalue weighted by atomic mass is 16.5. The van der Waals surface area contributed by atoms with Gasteiger partial charge in [-0.05, 0) is 24.6 Å². The lowest BCUT2D eigenvalue weighted by atomic mass is 10.2. The number of methoxy groups -OCH3 is 1. The van der Waals surface area contributed by atoms with Crippen molar-refractivity contribution in [3.8, 4) is 0 Å². The first kappa shape index (κ1) is 11.0. The molecule has 1 atom stereocenters. The zero-order valence-electron chi connectivity index (χ0n) is 8.69. The van der Waals surface area contributed by atoms with Gasteiger partial charge in [0.05, 0.1) is 19.3 Å². The molecule has 3 heteroatoms. The van der Waals surface area contributed by atoms with Crippen molar-refractivity contribution in [1.29, 1.82) is 0 Å². The van der Waals surface area contributed by atoms with Gasteiger partial charge in [-0.1, -0.05) is 12.1 Å². The van der Waals surface area contributed by atoms with Gasteiger partial charge in [-0.15, -0.1) is 0 Å². The Balaban J connectivity index is 2.34. The summed E-state index contributed by atoms with van der Waals surface area (Å²) < 4.78 is 10.5. The van der Waals surface area contributed by atoms with Crippen LogP contribution in [0.3, 0.4) is 0 Å². The second kappa shape index (κ2) is 5.62. The summed E-state index contributed by atoms with van der Waals surface area (Å²) in [6.45, 7) is 3.21. The summed E-state index contributed by atoms with van der Waals surface area (Å²) in [7, 11) is 1.67. The Kier molecular flexibility index (Phi) is 4.43. The second-order valence-electron chi connectivity index (χ2n) is 3.32. The Hall–Kier alpha value is -1.06. The van der Waals surface area contributed by atoms with E-state index in [-0.39, 0.29) is 6.10 Å². The van der Waals surface area contributed by atoms with E-state index in [0.717, 1.165) is 11.3 Å². The highest BCUT2D eigenvalue weighted by Crippen LogP contribution is 2.07. The van der Waals surface area contributed by atoms with Gasteiger partial charge in [0.25, 0.3) is 0 Å². The fourth-order valence-electron chi connectivity index (χ4n) is 1.14. The maximum atomic E-state index is 5.57. The highest BCUT2D eigenvalue weighted by Gasteiger charge is 2.01. The van der Waals surface area contributed by atoms with Crippen molar-refractivity contribution in [2.24, 2.45) is 0 Å². The number of hydrogen-bond donors (Lipinski definition) is 1. The fraction of sp³-hybridized carbons (Fsp3) is 0.455. The van der Waals surface area contributed by atoms with Crippen LogP contribution < -0.4 is 5.73 Å². The average Bonchev–Trinajstić information content (AvgIpc) is 2.17. The van der Waals surface area contributed by atoms with E-state index >= 15 is 0 Å². The molecule has 14 heavy (non-hydrogen) atoms. The smallest absolute Gasteiger partial charge is 0.0784 e. The molecule has 1 unspecified atom stereocenters. The Morgan fingerprint density at radius 3 is 2.50 bits per heavy atom. The Bertz CT molecular complexity index is 258. The molecule has 0 heterocycles. The van der Waals surface area contributed by atoms with E-state index in [0.29, 0.717) is 13.2 Å². The first-order valence-corrected chi connectivity index (χ1v) is 4.67. The molecule has 0 bridgehead atoms. The molecule has 0 amide bonds. The molecule has 2 N–H and O–H groups in total. The summed E-state index contributed by atoms with van der Waals surface area (Å²) in [4.78, 5) is 0. The SMILES string of the molecule is COCC(C)OCc1ccc(N)cc1. The van der Waals surface area contributed by atoms with Gasteiger partial charge in [0.2, 0.25) is 0 Å². The molecule has 0 saturated carbocycles. The maximum absolute atomic E-state index is 5.57. The maximum Gasteiger partial charge on any atom is 0.0784 e. The monoisotopic (exact) mass is 195 g/mol. The van der Waals surface area contributed by atoms with Crippen molar-refractivity contribution in [3.05, 3.63) is 29.8 Å². The lowest BCUT2D eigenvalue weighted by Gasteiger charge is -2.11. The summed E-state index contributed by atoms with van der Waals surface area (Å²) in [5.74, 6) is 0. The molecule has 1 aromatic carbocycles. The Morgan fingerprint density at radius 2 is 1.93 bits per heavy atom. The van der Waals surface area contributed by atoms with E-state index in [1.54, 1.807) is 7.11 Å². The molecule has 0 aromatic heterocycles. The predicted molar refractivity (Wildman–Crippen MR) is 57.0 cm³/mol. The van der Waals surface area contributed by atoms with E-state index < -0.39 is 0 Å². The zero-order valence-corrected chi connectivity index (χ0v) is 8.69. The van der Waals surface area contributed by atoms with E-state index in [1.807, 2.05) is 31.2 Å². The van der Waals surface area contributed by atoms with Crippen LogP contribution in [0, 0.1) is 0 Å². The van der Waals surface area contributed by atoms with Crippen LogP contribution in [0.5, 0.6) is 0 Å². The van der Waals surface area contributed by atoms with Crippen LogP contribution in [0.25, 0.3) is 0 Å². The third-order valence-electron chi connectivity index (χ3n) is 1.92. The molecule has 0 aliphatic rings. The third kappa shape index (κ3) is 3.77. The molecule has 0 radical (unpaired) electrons. The average molecular weight is 195 g/mol. The molecule has 78 valence electrons. The number of nitrogen functional groups attached to an aromatic ring is 1. The normalized spacial score (nSPS) is 12.7. The molecule has 1 rings (SSSR count). The molecular weight excluding hydrogens is 178 g/mol. The highest BCUT2D eigenvalue weighted by molar-refractivity contribution is 5.39. The number of hydrogen-bond acceptors (Lipinski definition) is 3. The fourth-order valence-corrected chi connectivity index (χ4v) is 1.14. The third-order valence-corrected chi connectivity index (χ3v) is 1.92. The molecule has 0 aliphatic heterocycles. The summed E-state index contributed by atoms with van der Waals surface area (Å²) in [6, 6.07) is 7.68. The van der Waals surface area contributed by atoms with Crippen molar-refractivity contribution < 1.29 is 9.47 Å². The standard InChI is InChI=1S/C11H17NO2/c1-9(7-13-2)14-8-10-3-5-11(12)6-4-10/h3-6,9H,7-8,12H2,1-2H3. The van der Waals surface area contributed by atoms with E-state index in [4.69, 9.17) is 15.2 Å². The van der Waals surface area contributed by atoms with Gasteiger partial charge in [0.1, 0.15) is 0 Å². The van der Waals surface area contributed by atoms with Crippen molar-refractivity contribution in [2.75, 3.05) is 19.5 Å². The lowest BCUT2D eigenvalue weighted by Crippen LogP contribution is -2.14. The van der Waals surface area contributed by atoms with Gasteiger partial charge in [0, 0.05) is 12.8 Å². The summed E-state index contributed by atoms with van der Waals surface area (Å²) in [5.41, 5.74) is 7.47. The molecular formula is C11H17NO2. The summed E-state index contributed by atoms with van der Waals surface area (Å²) >= 11 is 0. The van der Waals surface area contributed by atoms with Crippen LogP contribution in [0.1, 0.15) is 12.5 Å². The van der Waals surface area contributed by atoms with E-state index in [1.165, 1.54) is 0 Å². The molecule has 3 nitrogen and oxygen atoms in total. The minimum Gasteiger partial charge on any atom is -0.399 e. The van der Waals surface area contributed by atoms with Crippen LogP contribution >= 0.6 is 0 Å². The minimum atomic E-state index is 0.123. The van der Waals surface area contributed by atoms with Gasteiger partial charge in [-0.25, -0.2) is 0 Å². The first-order chi connectivity index (χ1) is 6.72. The molecule has 0 aliphatic carbocycles. The first-order valence-electron chi connectivity index (χ1n) is 4.67. The van der Waals surface area contributed by atoms with Gasteiger partial charge in [-0.3, -0.25) is 0 Å². The van der Waals surface area contributed by atoms with Gasteiger partial charge in [0.15, 0.2) is 0 Å². The number of anilines is 1. The number of ether oxygens (including phenoxy) is 2. The Morgan fingerprint density at radius 1 is 1.29 bits per heavy atom. The topological polar surface area (TPSA) is 44.5 Å².